The molecule has 0 bridgehead atoms. The lowest BCUT2D eigenvalue weighted by Crippen LogP contribution is -2.55. The molecule has 1 unspecified atom stereocenters. The molecule has 0 heterocycles. The fraction of sp³-hybridized carbons (Fsp3) is 0.500. The Labute approximate surface area is 105 Å². The van der Waals surface area contributed by atoms with Crippen molar-refractivity contribution in [3.05, 3.63) is 37.5 Å². The molecule has 0 aliphatic rings. The highest BCUT2D eigenvalue weighted by Gasteiger charge is 2.55. The predicted octanol–water partition coefficient (Wildman–Crippen LogP) is 3.15. The third kappa shape index (κ3) is 4.66. The van der Waals surface area contributed by atoms with Crippen molar-refractivity contribution in [3.63, 3.8) is 0 Å². The van der Waals surface area contributed by atoms with Crippen molar-refractivity contribution in [2.24, 2.45) is 0 Å². The average Bonchev–Trinajstić information content (AvgIpc) is 2.23. The smallest absolute Gasteiger partial charge is 0.495 e. The zero-order chi connectivity index (χ0) is 13.5. The van der Waals surface area contributed by atoms with E-state index in [4.69, 9.17) is 18.0 Å². The molecule has 5 heteroatoms. The van der Waals surface area contributed by atoms with Crippen molar-refractivity contribution in [3.8, 4) is 0 Å². The van der Waals surface area contributed by atoms with Gasteiger partial charge in [0.1, 0.15) is 0 Å². The Balaban J connectivity index is 5.18. The van der Waals surface area contributed by atoms with E-state index < -0.39 is 8.80 Å². The predicted molar refractivity (Wildman–Crippen MR) is 69.9 cm³/mol. The molecule has 0 aromatic carbocycles. The molecule has 4 nitrogen and oxygen atoms in total. The minimum atomic E-state index is -3.04. The lowest BCUT2D eigenvalue weighted by atomic mass is 10.5. The van der Waals surface area contributed by atoms with Crippen LogP contribution in [0.15, 0.2) is 37.5 Å². The van der Waals surface area contributed by atoms with E-state index in [1.807, 2.05) is 6.92 Å². The van der Waals surface area contributed by atoms with E-state index in [-0.39, 0.29) is 5.73 Å². The van der Waals surface area contributed by atoms with Crippen LogP contribution in [0, 0.1) is 0 Å². The number of hydrogen-bond acceptors (Lipinski definition) is 4. The summed E-state index contributed by atoms with van der Waals surface area (Å²) in [6, 6.07) is 0. The van der Waals surface area contributed by atoms with Gasteiger partial charge in [0, 0.05) is 7.11 Å². The molecule has 0 fully saturated rings. The summed E-state index contributed by atoms with van der Waals surface area (Å²) in [5, 5.41) is 0. The summed E-state index contributed by atoms with van der Waals surface area (Å²) in [5.41, 5.74) is -0.335. The van der Waals surface area contributed by atoms with Crippen LogP contribution in [-0.4, -0.2) is 21.6 Å². The third-order valence-corrected chi connectivity index (χ3v) is 5.11. The Kier molecular flexibility index (Phi) is 6.68. The van der Waals surface area contributed by atoms with E-state index in [0.29, 0.717) is 17.9 Å². The average molecular weight is 258 g/mol. The number of allylic oxidation sites excluding steroid dienone is 2. The Hall–Kier alpha value is -1.20. The maximum atomic E-state index is 5.67. The van der Waals surface area contributed by atoms with Crippen molar-refractivity contribution in [1.82, 2.24) is 0 Å². The quantitative estimate of drug-likeness (QED) is 0.470. The SMILES string of the molecule is C=COC(CC)[Si](OC)(OC(=C)C)OC(=C)C. The van der Waals surface area contributed by atoms with E-state index in [0.717, 1.165) is 0 Å². The first-order valence-electron chi connectivity index (χ1n) is 5.42. The summed E-state index contributed by atoms with van der Waals surface area (Å²) in [6.07, 6.45) is 2.03. The summed E-state index contributed by atoms with van der Waals surface area (Å²) < 4.78 is 22.2. The summed E-state index contributed by atoms with van der Waals surface area (Å²) >= 11 is 0. The van der Waals surface area contributed by atoms with Gasteiger partial charge in [-0.25, -0.2) is 0 Å². The minimum absolute atomic E-state index is 0.335. The normalized spacial score (nSPS) is 12.5. The first-order valence-corrected chi connectivity index (χ1v) is 7.22. The Morgan fingerprint density at radius 3 is 1.94 bits per heavy atom. The monoisotopic (exact) mass is 258 g/mol. The molecular weight excluding hydrogens is 236 g/mol. The minimum Gasteiger partial charge on any atom is -0.495 e. The van der Waals surface area contributed by atoms with Gasteiger partial charge in [-0.3, -0.25) is 0 Å². The topological polar surface area (TPSA) is 36.9 Å². The van der Waals surface area contributed by atoms with Crippen molar-refractivity contribution in [2.45, 2.75) is 32.9 Å². The Morgan fingerprint density at radius 2 is 1.71 bits per heavy atom. The van der Waals surface area contributed by atoms with Gasteiger partial charge in [-0.15, -0.1) is 0 Å². The van der Waals surface area contributed by atoms with E-state index in [1.165, 1.54) is 13.4 Å². The van der Waals surface area contributed by atoms with Gasteiger partial charge >= 0.3 is 8.80 Å². The Morgan fingerprint density at radius 1 is 1.24 bits per heavy atom. The highest BCUT2D eigenvalue weighted by molar-refractivity contribution is 6.62. The molecule has 0 aliphatic carbocycles. The van der Waals surface area contributed by atoms with Crippen molar-refractivity contribution < 1.29 is 18.0 Å². The standard InChI is InChI=1S/C12H22O4Si/c1-8-12(14-9-2)17(13-7,15-10(3)4)16-11(5)6/h9,12H,2-3,5,8H2,1,4,6-7H3. The number of ether oxygens (including phenoxy) is 1. The number of hydrogen-bond donors (Lipinski definition) is 0. The van der Waals surface area contributed by atoms with Gasteiger partial charge in [-0.05, 0) is 20.3 Å². The maximum Gasteiger partial charge on any atom is 0.674 e. The van der Waals surface area contributed by atoms with E-state index in [1.54, 1.807) is 13.8 Å². The largest absolute Gasteiger partial charge is 0.674 e. The molecule has 0 saturated heterocycles. The van der Waals surface area contributed by atoms with E-state index in [2.05, 4.69) is 19.7 Å². The van der Waals surface area contributed by atoms with Crippen LogP contribution in [0.2, 0.25) is 0 Å². The van der Waals surface area contributed by atoms with Gasteiger partial charge in [0.15, 0.2) is 5.73 Å². The van der Waals surface area contributed by atoms with Crippen LogP contribution in [0.3, 0.4) is 0 Å². The van der Waals surface area contributed by atoms with Crippen molar-refractivity contribution in [1.29, 1.82) is 0 Å². The molecule has 0 rings (SSSR count). The van der Waals surface area contributed by atoms with Gasteiger partial charge in [0.25, 0.3) is 0 Å². The highest BCUT2D eigenvalue weighted by atomic mass is 28.4. The Bertz CT molecular complexity index is 272. The molecule has 0 spiro atoms. The molecule has 0 aromatic heterocycles. The summed E-state index contributed by atoms with van der Waals surface area (Å²) in [6.45, 7) is 16.4. The number of rotatable bonds is 9. The van der Waals surface area contributed by atoms with Crippen LogP contribution >= 0.6 is 0 Å². The van der Waals surface area contributed by atoms with Crippen LogP contribution in [0.1, 0.15) is 27.2 Å². The van der Waals surface area contributed by atoms with E-state index >= 15 is 0 Å². The van der Waals surface area contributed by atoms with Crippen LogP contribution in [-0.2, 0) is 18.0 Å². The first kappa shape index (κ1) is 15.8. The third-order valence-electron chi connectivity index (χ3n) is 1.94. The maximum absolute atomic E-state index is 5.67. The van der Waals surface area contributed by atoms with Gasteiger partial charge in [-0.2, -0.15) is 0 Å². The van der Waals surface area contributed by atoms with Crippen molar-refractivity contribution in [2.75, 3.05) is 7.11 Å². The first-order chi connectivity index (χ1) is 7.91. The zero-order valence-corrected chi connectivity index (χ0v) is 12.1. The van der Waals surface area contributed by atoms with Gasteiger partial charge in [0.2, 0.25) is 0 Å². The van der Waals surface area contributed by atoms with Gasteiger partial charge < -0.3 is 18.0 Å². The van der Waals surface area contributed by atoms with Crippen LogP contribution in [0.25, 0.3) is 0 Å². The molecule has 1 atom stereocenters. The fourth-order valence-corrected chi connectivity index (χ4v) is 3.87. The lowest BCUT2D eigenvalue weighted by Gasteiger charge is -2.33. The highest BCUT2D eigenvalue weighted by Crippen LogP contribution is 2.24. The molecule has 98 valence electrons. The second kappa shape index (κ2) is 7.19. The lowest BCUT2D eigenvalue weighted by molar-refractivity contribution is 0.0587. The van der Waals surface area contributed by atoms with Gasteiger partial charge in [-0.1, -0.05) is 26.7 Å². The summed E-state index contributed by atoms with van der Waals surface area (Å²) in [7, 11) is -1.50. The zero-order valence-electron chi connectivity index (χ0n) is 11.1. The van der Waals surface area contributed by atoms with E-state index in [9.17, 15) is 0 Å². The van der Waals surface area contributed by atoms with Gasteiger partial charge in [0.05, 0.1) is 17.8 Å². The van der Waals surface area contributed by atoms with Crippen LogP contribution in [0.5, 0.6) is 0 Å². The second-order valence-electron chi connectivity index (χ2n) is 3.62. The molecule has 0 aliphatic heterocycles. The molecule has 0 aromatic rings. The van der Waals surface area contributed by atoms with Crippen LogP contribution < -0.4 is 0 Å². The molecule has 0 N–H and O–H groups in total. The fourth-order valence-electron chi connectivity index (χ4n) is 1.40. The molecule has 0 saturated carbocycles. The summed E-state index contributed by atoms with van der Waals surface area (Å²) in [5.74, 6) is 1.04. The molecule has 0 radical (unpaired) electrons. The van der Waals surface area contributed by atoms with Crippen molar-refractivity contribution >= 4 is 8.80 Å². The summed E-state index contributed by atoms with van der Waals surface area (Å²) in [4.78, 5) is 0. The molecule has 0 amide bonds. The molecular formula is C12H22O4Si. The van der Waals surface area contributed by atoms with Crippen LogP contribution in [0.4, 0.5) is 0 Å². The second-order valence-corrected chi connectivity index (χ2v) is 6.28. The molecule has 17 heavy (non-hydrogen) atoms.